The second-order valence-corrected chi connectivity index (χ2v) is 3.29. The van der Waals surface area contributed by atoms with Crippen LogP contribution in [0.1, 0.15) is 5.76 Å². The molecule has 2 nitrogen and oxygen atoms in total. The molecule has 0 atom stereocenters. The first kappa shape index (κ1) is 9.03. The zero-order valence-corrected chi connectivity index (χ0v) is 8.08. The first-order chi connectivity index (χ1) is 6.79. The summed E-state index contributed by atoms with van der Waals surface area (Å²) in [5.41, 5.74) is 0.961. The van der Waals surface area contributed by atoms with Crippen molar-refractivity contribution in [1.82, 2.24) is 0 Å². The third-order valence-corrected chi connectivity index (χ3v) is 2.15. The molecule has 1 aromatic carbocycles. The van der Waals surface area contributed by atoms with Crippen LogP contribution in [0, 0.1) is 5.41 Å². The SMILES string of the molecule is N=Cc1ccc(-c2ccc(Cl)cc2)o1. The van der Waals surface area contributed by atoms with Crippen molar-refractivity contribution in [3.05, 3.63) is 47.2 Å². The van der Waals surface area contributed by atoms with E-state index in [1.807, 2.05) is 30.3 Å². The zero-order chi connectivity index (χ0) is 9.97. The van der Waals surface area contributed by atoms with Gasteiger partial charge in [0.1, 0.15) is 11.5 Å². The molecule has 0 spiro atoms. The van der Waals surface area contributed by atoms with E-state index in [2.05, 4.69) is 0 Å². The number of nitrogens with one attached hydrogen (secondary N) is 1. The van der Waals surface area contributed by atoms with Crippen molar-refractivity contribution in [3.8, 4) is 11.3 Å². The molecule has 0 saturated carbocycles. The number of halogens is 1. The van der Waals surface area contributed by atoms with Gasteiger partial charge in [0.2, 0.25) is 0 Å². The predicted octanol–water partition coefficient (Wildman–Crippen LogP) is 3.60. The zero-order valence-electron chi connectivity index (χ0n) is 7.33. The predicted molar refractivity (Wildman–Crippen MR) is 57.0 cm³/mol. The van der Waals surface area contributed by atoms with Crippen molar-refractivity contribution >= 4 is 17.8 Å². The van der Waals surface area contributed by atoms with E-state index in [9.17, 15) is 0 Å². The van der Waals surface area contributed by atoms with Gasteiger partial charge in [0.05, 0.1) is 6.21 Å². The van der Waals surface area contributed by atoms with E-state index in [1.165, 1.54) is 6.21 Å². The van der Waals surface area contributed by atoms with E-state index in [4.69, 9.17) is 21.4 Å². The lowest BCUT2D eigenvalue weighted by atomic mass is 10.2. The summed E-state index contributed by atoms with van der Waals surface area (Å²) in [4.78, 5) is 0. The summed E-state index contributed by atoms with van der Waals surface area (Å²) >= 11 is 5.76. The lowest BCUT2D eigenvalue weighted by Gasteiger charge is -1.95. The maximum absolute atomic E-state index is 7.01. The quantitative estimate of drug-likeness (QED) is 0.748. The van der Waals surface area contributed by atoms with Crippen molar-refractivity contribution in [1.29, 1.82) is 5.41 Å². The van der Waals surface area contributed by atoms with E-state index in [-0.39, 0.29) is 0 Å². The lowest BCUT2D eigenvalue weighted by Crippen LogP contribution is -1.73. The minimum Gasteiger partial charge on any atom is -0.455 e. The Kier molecular flexibility index (Phi) is 2.37. The van der Waals surface area contributed by atoms with Crippen molar-refractivity contribution in [2.45, 2.75) is 0 Å². The summed E-state index contributed by atoms with van der Waals surface area (Å²) in [5.74, 6) is 1.30. The first-order valence-corrected chi connectivity index (χ1v) is 4.53. The molecule has 0 amide bonds. The lowest BCUT2D eigenvalue weighted by molar-refractivity contribution is 0.574. The Morgan fingerprint density at radius 2 is 1.79 bits per heavy atom. The van der Waals surface area contributed by atoms with Gasteiger partial charge in [-0.2, -0.15) is 0 Å². The van der Waals surface area contributed by atoms with Crippen LogP contribution in [-0.2, 0) is 0 Å². The fraction of sp³-hybridized carbons (Fsp3) is 0. The molecule has 2 aromatic rings. The Bertz CT molecular complexity index is 445. The van der Waals surface area contributed by atoms with E-state index in [0.717, 1.165) is 11.3 Å². The Hall–Kier alpha value is -1.54. The smallest absolute Gasteiger partial charge is 0.145 e. The summed E-state index contributed by atoms with van der Waals surface area (Å²) in [5, 5.41) is 7.72. The van der Waals surface area contributed by atoms with E-state index >= 15 is 0 Å². The van der Waals surface area contributed by atoms with E-state index < -0.39 is 0 Å². The van der Waals surface area contributed by atoms with Gasteiger partial charge in [-0.1, -0.05) is 11.6 Å². The highest BCUT2D eigenvalue weighted by Gasteiger charge is 2.02. The van der Waals surface area contributed by atoms with Gasteiger partial charge >= 0.3 is 0 Å². The van der Waals surface area contributed by atoms with Gasteiger partial charge in [0, 0.05) is 10.6 Å². The number of hydrogen-bond acceptors (Lipinski definition) is 2. The van der Waals surface area contributed by atoms with Gasteiger partial charge in [-0.3, -0.25) is 0 Å². The van der Waals surface area contributed by atoms with Gasteiger partial charge in [-0.25, -0.2) is 0 Å². The topological polar surface area (TPSA) is 37.0 Å². The largest absolute Gasteiger partial charge is 0.455 e. The molecule has 0 aliphatic heterocycles. The molecule has 0 fully saturated rings. The average molecular weight is 206 g/mol. The molecule has 1 heterocycles. The molecule has 3 heteroatoms. The van der Waals surface area contributed by atoms with Gasteiger partial charge in [-0.05, 0) is 36.4 Å². The third kappa shape index (κ3) is 1.70. The fourth-order valence-electron chi connectivity index (χ4n) is 1.20. The number of benzene rings is 1. The summed E-state index contributed by atoms with van der Waals surface area (Å²) in [6.07, 6.45) is 1.18. The highest BCUT2D eigenvalue weighted by atomic mass is 35.5. The standard InChI is InChI=1S/C11H8ClNO/c12-9-3-1-8(2-4-9)11-6-5-10(7-13)14-11/h1-7,13H. The summed E-state index contributed by atoms with van der Waals surface area (Å²) < 4.78 is 5.37. The number of hydrogen-bond donors (Lipinski definition) is 1. The van der Waals surface area contributed by atoms with Crippen molar-refractivity contribution < 1.29 is 4.42 Å². The Morgan fingerprint density at radius 3 is 2.36 bits per heavy atom. The average Bonchev–Trinajstić information content (AvgIpc) is 2.67. The van der Waals surface area contributed by atoms with Crippen molar-refractivity contribution in [2.24, 2.45) is 0 Å². The summed E-state index contributed by atoms with van der Waals surface area (Å²) in [6, 6.07) is 11.0. The van der Waals surface area contributed by atoms with Crippen LogP contribution in [0.5, 0.6) is 0 Å². The molecular formula is C11H8ClNO. The normalized spacial score (nSPS) is 10.1. The fourth-order valence-corrected chi connectivity index (χ4v) is 1.33. The van der Waals surface area contributed by atoms with E-state index in [1.54, 1.807) is 6.07 Å². The Balaban J connectivity index is 2.39. The van der Waals surface area contributed by atoms with Gasteiger partial charge in [0.15, 0.2) is 0 Å². The Morgan fingerprint density at radius 1 is 1.07 bits per heavy atom. The second-order valence-electron chi connectivity index (χ2n) is 2.85. The van der Waals surface area contributed by atoms with Crippen LogP contribution >= 0.6 is 11.6 Å². The van der Waals surface area contributed by atoms with Crippen LogP contribution in [0.4, 0.5) is 0 Å². The van der Waals surface area contributed by atoms with Crippen LogP contribution in [-0.4, -0.2) is 6.21 Å². The summed E-state index contributed by atoms with van der Waals surface area (Å²) in [7, 11) is 0. The van der Waals surface area contributed by atoms with E-state index in [0.29, 0.717) is 10.8 Å². The minimum absolute atomic E-state index is 0.551. The molecular weight excluding hydrogens is 198 g/mol. The maximum Gasteiger partial charge on any atom is 0.145 e. The Labute approximate surface area is 86.6 Å². The first-order valence-electron chi connectivity index (χ1n) is 4.16. The maximum atomic E-state index is 7.01. The van der Waals surface area contributed by atoms with Crippen LogP contribution < -0.4 is 0 Å². The molecule has 1 N–H and O–H groups in total. The monoisotopic (exact) mass is 205 g/mol. The van der Waals surface area contributed by atoms with Crippen LogP contribution in [0.2, 0.25) is 5.02 Å². The second kappa shape index (κ2) is 3.68. The molecule has 2 rings (SSSR count). The molecule has 0 bridgehead atoms. The number of rotatable bonds is 2. The highest BCUT2D eigenvalue weighted by molar-refractivity contribution is 6.30. The number of furan rings is 1. The van der Waals surface area contributed by atoms with Crippen LogP contribution in [0.15, 0.2) is 40.8 Å². The summed E-state index contributed by atoms with van der Waals surface area (Å²) in [6.45, 7) is 0. The molecule has 14 heavy (non-hydrogen) atoms. The van der Waals surface area contributed by atoms with Gasteiger partial charge < -0.3 is 9.83 Å². The minimum atomic E-state index is 0.551. The van der Waals surface area contributed by atoms with Crippen molar-refractivity contribution in [2.75, 3.05) is 0 Å². The molecule has 0 aliphatic rings. The van der Waals surface area contributed by atoms with Gasteiger partial charge in [-0.15, -0.1) is 0 Å². The molecule has 0 saturated heterocycles. The molecule has 70 valence electrons. The van der Waals surface area contributed by atoms with Gasteiger partial charge in [0.25, 0.3) is 0 Å². The highest BCUT2D eigenvalue weighted by Crippen LogP contribution is 2.22. The van der Waals surface area contributed by atoms with Crippen molar-refractivity contribution in [3.63, 3.8) is 0 Å². The molecule has 0 unspecified atom stereocenters. The van der Waals surface area contributed by atoms with Crippen LogP contribution in [0.3, 0.4) is 0 Å². The molecule has 1 aromatic heterocycles. The third-order valence-electron chi connectivity index (χ3n) is 1.90. The van der Waals surface area contributed by atoms with Crippen LogP contribution in [0.25, 0.3) is 11.3 Å². The molecule has 0 radical (unpaired) electrons. The molecule has 0 aliphatic carbocycles.